The van der Waals surface area contributed by atoms with Crippen LogP contribution in [-0.2, 0) is 19.5 Å². The Balaban J connectivity index is 1.72. The van der Waals surface area contributed by atoms with Crippen LogP contribution in [0.5, 0.6) is 0 Å². The molecule has 1 aromatic carbocycles. The molecule has 19 heavy (non-hydrogen) atoms. The molecule has 1 aliphatic rings. The van der Waals surface area contributed by atoms with E-state index in [1.165, 1.54) is 24.0 Å². The normalized spacial score (nSPS) is 14.2. The van der Waals surface area contributed by atoms with Gasteiger partial charge in [-0.2, -0.15) is 0 Å². The lowest BCUT2D eigenvalue weighted by molar-refractivity contribution is 0.510. The third-order valence-corrected chi connectivity index (χ3v) is 3.89. The third kappa shape index (κ3) is 2.48. The summed E-state index contributed by atoms with van der Waals surface area (Å²) in [5.74, 6) is 2.19. The Morgan fingerprint density at radius 3 is 2.89 bits per heavy atom. The number of nitrogens with zero attached hydrogens (tertiary/aromatic N) is 3. The minimum absolute atomic E-state index is 0.746. The molecule has 0 spiro atoms. The molecule has 0 amide bonds. The summed E-state index contributed by atoms with van der Waals surface area (Å²) in [5.41, 5.74) is 3.79. The van der Waals surface area contributed by atoms with Crippen LogP contribution in [0.4, 0.5) is 5.69 Å². The summed E-state index contributed by atoms with van der Waals surface area (Å²) in [6, 6.07) is 6.45. The highest BCUT2D eigenvalue weighted by atomic mass is 15.3. The predicted octanol–water partition coefficient (Wildman–Crippen LogP) is 2.84. The van der Waals surface area contributed by atoms with Gasteiger partial charge in [0.05, 0.1) is 6.54 Å². The van der Waals surface area contributed by atoms with Crippen LogP contribution in [0.25, 0.3) is 0 Å². The number of rotatable bonds is 3. The zero-order chi connectivity index (χ0) is 13.2. The second-order valence-corrected chi connectivity index (χ2v) is 5.29. The zero-order valence-corrected chi connectivity index (χ0v) is 11.6. The first kappa shape index (κ1) is 12.2. The minimum Gasteiger partial charge on any atom is -0.378 e. The lowest BCUT2D eigenvalue weighted by atomic mass is 10.1. The fraction of sp³-hybridized carbons (Fsp3) is 0.467. The van der Waals surface area contributed by atoms with Crippen LogP contribution in [0.2, 0.25) is 0 Å². The van der Waals surface area contributed by atoms with Crippen molar-refractivity contribution < 1.29 is 0 Å². The molecule has 4 nitrogen and oxygen atoms in total. The molecule has 3 rings (SSSR count). The molecule has 0 bridgehead atoms. The van der Waals surface area contributed by atoms with Crippen LogP contribution in [0.15, 0.2) is 18.2 Å². The maximum Gasteiger partial charge on any atom is 0.152 e. The molecule has 0 aliphatic carbocycles. The first-order valence-corrected chi connectivity index (χ1v) is 6.96. The molecular formula is C15H20N4. The Kier molecular flexibility index (Phi) is 3.23. The van der Waals surface area contributed by atoms with Crippen molar-refractivity contribution in [3.8, 4) is 0 Å². The highest BCUT2D eigenvalue weighted by Gasteiger charge is 2.15. The Morgan fingerprint density at radius 1 is 1.16 bits per heavy atom. The van der Waals surface area contributed by atoms with Crippen LogP contribution >= 0.6 is 0 Å². The SMILES string of the molecule is Cc1ccc(NCc2nnc3n2CCCC3)cc1C. The molecule has 1 aliphatic heterocycles. The van der Waals surface area contributed by atoms with E-state index in [2.05, 4.69) is 52.1 Å². The van der Waals surface area contributed by atoms with Crippen LogP contribution in [-0.4, -0.2) is 14.8 Å². The van der Waals surface area contributed by atoms with Crippen LogP contribution in [0.3, 0.4) is 0 Å². The van der Waals surface area contributed by atoms with Crippen molar-refractivity contribution in [2.24, 2.45) is 0 Å². The molecule has 4 heteroatoms. The Bertz CT molecular complexity index is 586. The molecule has 100 valence electrons. The summed E-state index contributed by atoms with van der Waals surface area (Å²) in [7, 11) is 0. The highest BCUT2D eigenvalue weighted by Crippen LogP contribution is 2.17. The van der Waals surface area contributed by atoms with Gasteiger partial charge in [-0.15, -0.1) is 10.2 Å². The zero-order valence-electron chi connectivity index (χ0n) is 11.6. The second-order valence-electron chi connectivity index (χ2n) is 5.29. The van der Waals surface area contributed by atoms with Gasteiger partial charge in [0.2, 0.25) is 0 Å². The van der Waals surface area contributed by atoms with Gasteiger partial charge < -0.3 is 9.88 Å². The smallest absolute Gasteiger partial charge is 0.152 e. The molecule has 2 aromatic rings. The molecule has 1 aromatic heterocycles. The Labute approximate surface area is 113 Å². The van der Waals surface area contributed by atoms with E-state index in [-0.39, 0.29) is 0 Å². The molecule has 0 radical (unpaired) electrons. The van der Waals surface area contributed by atoms with Gasteiger partial charge in [0, 0.05) is 18.7 Å². The van der Waals surface area contributed by atoms with E-state index in [1.54, 1.807) is 0 Å². The standard InChI is InChI=1S/C15H20N4/c1-11-6-7-13(9-12(11)2)16-10-15-18-17-14-5-3-4-8-19(14)15/h6-7,9,16H,3-5,8,10H2,1-2H3. The maximum atomic E-state index is 4.30. The summed E-state index contributed by atoms with van der Waals surface area (Å²) in [6.45, 7) is 6.08. The van der Waals surface area contributed by atoms with Crippen molar-refractivity contribution in [2.45, 2.75) is 46.2 Å². The molecule has 0 atom stereocenters. The van der Waals surface area contributed by atoms with Gasteiger partial charge in [-0.1, -0.05) is 6.07 Å². The quantitative estimate of drug-likeness (QED) is 0.918. The lowest BCUT2D eigenvalue weighted by Crippen LogP contribution is -2.15. The summed E-state index contributed by atoms with van der Waals surface area (Å²) in [4.78, 5) is 0. The van der Waals surface area contributed by atoms with Gasteiger partial charge in [-0.25, -0.2) is 0 Å². The fourth-order valence-electron chi connectivity index (χ4n) is 2.53. The van der Waals surface area contributed by atoms with Gasteiger partial charge >= 0.3 is 0 Å². The van der Waals surface area contributed by atoms with Gasteiger partial charge in [0.25, 0.3) is 0 Å². The van der Waals surface area contributed by atoms with Crippen molar-refractivity contribution in [1.82, 2.24) is 14.8 Å². The molecule has 1 N–H and O–H groups in total. The molecule has 0 saturated carbocycles. The van der Waals surface area contributed by atoms with Crippen molar-refractivity contribution in [3.63, 3.8) is 0 Å². The van der Waals surface area contributed by atoms with E-state index in [4.69, 9.17) is 0 Å². The average molecular weight is 256 g/mol. The van der Waals surface area contributed by atoms with E-state index in [9.17, 15) is 0 Å². The first-order valence-electron chi connectivity index (χ1n) is 6.96. The number of benzene rings is 1. The molecule has 0 saturated heterocycles. The molecular weight excluding hydrogens is 236 g/mol. The largest absolute Gasteiger partial charge is 0.378 e. The van der Waals surface area contributed by atoms with Gasteiger partial charge in [-0.05, 0) is 49.9 Å². The summed E-state index contributed by atoms with van der Waals surface area (Å²) in [5, 5.41) is 12.0. The number of fused-ring (bicyclic) bond motifs is 1. The van der Waals surface area contributed by atoms with Crippen LogP contribution in [0, 0.1) is 13.8 Å². The van der Waals surface area contributed by atoms with E-state index in [1.807, 2.05) is 0 Å². The monoisotopic (exact) mass is 256 g/mol. The first-order chi connectivity index (χ1) is 9.24. The predicted molar refractivity (Wildman–Crippen MR) is 76.2 cm³/mol. The van der Waals surface area contributed by atoms with Gasteiger partial charge in [-0.3, -0.25) is 0 Å². The van der Waals surface area contributed by atoms with Crippen LogP contribution in [0.1, 0.15) is 35.6 Å². The van der Waals surface area contributed by atoms with Crippen LogP contribution < -0.4 is 5.32 Å². The number of hydrogen-bond donors (Lipinski definition) is 1. The van der Waals surface area contributed by atoms with Gasteiger partial charge in [0.15, 0.2) is 5.82 Å². The van der Waals surface area contributed by atoms with E-state index in [0.717, 1.165) is 36.8 Å². The number of aryl methyl sites for hydroxylation is 3. The summed E-state index contributed by atoms with van der Waals surface area (Å²) >= 11 is 0. The van der Waals surface area contributed by atoms with Crippen molar-refractivity contribution in [2.75, 3.05) is 5.32 Å². The molecule has 0 fully saturated rings. The number of anilines is 1. The Hall–Kier alpha value is -1.84. The van der Waals surface area contributed by atoms with E-state index in [0.29, 0.717) is 0 Å². The summed E-state index contributed by atoms with van der Waals surface area (Å²) < 4.78 is 2.26. The molecule has 0 unspecified atom stereocenters. The van der Waals surface area contributed by atoms with Crippen molar-refractivity contribution >= 4 is 5.69 Å². The van der Waals surface area contributed by atoms with E-state index >= 15 is 0 Å². The van der Waals surface area contributed by atoms with Crippen molar-refractivity contribution in [1.29, 1.82) is 0 Å². The van der Waals surface area contributed by atoms with Gasteiger partial charge in [0.1, 0.15) is 5.82 Å². The maximum absolute atomic E-state index is 4.30. The fourth-order valence-corrected chi connectivity index (χ4v) is 2.53. The number of aromatic nitrogens is 3. The van der Waals surface area contributed by atoms with E-state index < -0.39 is 0 Å². The topological polar surface area (TPSA) is 42.7 Å². The second kappa shape index (κ2) is 5.03. The molecule has 2 heterocycles. The van der Waals surface area contributed by atoms with Crippen molar-refractivity contribution in [3.05, 3.63) is 41.0 Å². The number of nitrogens with one attached hydrogen (secondary N) is 1. The lowest BCUT2D eigenvalue weighted by Gasteiger charge is -2.15. The average Bonchev–Trinajstić information content (AvgIpc) is 2.83. The summed E-state index contributed by atoms with van der Waals surface area (Å²) in [6.07, 6.45) is 3.54. The number of hydrogen-bond acceptors (Lipinski definition) is 3. The Morgan fingerprint density at radius 2 is 2.05 bits per heavy atom. The minimum atomic E-state index is 0.746. The third-order valence-electron chi connectivity index (χ3n) is 3.89. The highest BCUT2D eigenvalue weighted by molar-refractivity contribution is 5.48.